The summed E-state index contributed by atoms with van der Waals surface area (Å²) < 4.78 is 16.6. The van der Waals surface area contributed by atoms with Crippen molar-refractivity contribution in [2.45, 2.75) is 27.0 Å². The van der Waals surface area contributed by atoms with Gasteiger partial charge in [-0.3, -0.25) is 4.90 Å². The summed E-state index contributed by atoms with van der Waals surface area (Å²) in [5.74, 6) is 1.62. The van der Waals surface area contributed by atoms with Crippen molar-refractivity contribution < 1.29 is 14.0 Å². The third-order valence-electron chi connectivity index (χ3n) is 4.63. The fourth-order valence-electron chi connectivity index (χ4n) is 2.95. The number of aromatic nitrogens is 3. The van der Waals surface area contributed by atoms with Crippen LogP contribution in [0.3, 0.4) is 0 Å². The molecule has 2 aromatic heterocycles. The summed E-state index contributed by atoms with van der Waals surface area (Å²) in [5, 5.41) is 4.00. The molecule has 0 atom stereocenters. The molecule has 0 amide bonds. The van der Waals surface area contributed by atoms with Gasteiger partial charge >= 0.3 is 0 Å². The Morgan fingerprint density at radius 1 is 1.11 bits per heavy atom. The lowest BCUT2D eigenvalue weighted by Crippen LogP contribution is -2.22. The Labute approximate surface area is 165 Å². The van der Waals surface area contributed by atoms with Gasteiger partial charge in [-0.05, 0) is 38.6 Å². The van der Waals surface area contributed by atoms with Gasteiger partial charge in [0.25, 0.3) is 0 Å². The summed E-state index contributed by atoms with van der Waals surface area (Å²) in [6, 6.07) is 6.16. The first-order chi connectivity index (χ1) is 13.6. The molecule has 0 aliphatic carbocycles. The van der Waals surface area contributed by atoms with Gasteiger partial charge in [0, 0.05) is 43.7 Å². The van der Waals surface area contributed by atoms with Crippen LogP contribution in [-0.2, 0) is 17.9 Å². The highest BCUT2D eigenvalue weighted by Crippen LogP contribution is 2.28. The minimum absolute atomic E-state index is 0.420. The standard InChI is InChI=1S/C21H26N4O3/c1-15-20(16(2)28-24-15)13-27-21-6-5-17(19-10-22-14-23-11-19)9-18(21)12-25(3)7-8-26-4/h5-6,9-11,14H,7-8,12-13H2,1-4H3. The lowest BCUT2D eigenvalue weighted by Gasteiger charge is -2.19. The smallest absolute Gasteiger partial charge is 0.140 e. The lowest BCUT2D eigenvalue weighted by atomic mass is 10.0. The summed E-state index contributed by atoms with van der Waals surface area (Å²) in [5.41, 5.74) is 4.96. The average Bonchev–Trinajstić information content (AvgIpc) is 3.03. The van der Waals surface area contributed by atoms with Crippen LogP contribution in [0.2, 0.25) is 0 Å². The van der Waals surface area contributed by atoms with E-state index in [9.17, 15) is 0 Å². The average molecular weight is 382 g/mol. The van der Waals surface area contributed by atoms with Gasteiger partial charge in [-0.1, -0.05) is 11.2 Å². The highest BCUT2D eigenvalue weighted by molar-refractivity contribution is 5.64. The minimum Gasteiger partial charge on any atom is -0.488 e. The van der Waals surface area contributed by atoms with E-state index in [1.807, 2.05) is 38.4 Å². The fraction of sp³-hybridized carbons (Fsp3) is 0.381. The van der Waals surface area contributed by atoms with Gasteiger partial charge in [0.05, 0.1) is 17.9 Å². The molecule has 0 radical (unpaired) electrons. The predicted octanol–water partition coefficient (Wildman–Crippen LogP) is 3.41. The summed E-state index contributed by atoms with van der Waals surface area (Å²) in [6.07, 6.45) is 5.15. The first-order valence-corrected chi connectivity index (χ1v) is 9.18. The maximum atomic E-state index is 6.15. The van der Waals surface area contributed by atoms with Gasteiger partial charge in [-0.15, -0.1) is 0 Å². The van der Waals surface area contributed by atoms with Crippen LogP contribution in [0.25, 0.3) is 11.1 Å². The molecule has 0 saturated carbocycles. The van der Waals surface area contributed by atoms with Crippen LogP contribution in [0, 0.1) is 13.8 Å². The molecule has 7 nitrogen and oxygen atoms in total. The molecule has 0 spiro atoms. The number of methoxy groups -OCH3 is 1. The molecule has 3 rings (SSSR count). The molecular formula is C21H26N4O3. The number of rotatable bonds is 9. The molecule has 0 aliphatic rings. The Morgan fingerprint density at radius 3 is 2.57 bits per heavy atom. The zero-order valence-corrected chi connectivity index (χ0v) is 16.8. The molecule has 0 saturated heterocycles. The van der Waals surface area contributed by atoms with Crippen molar-refractivity contribution >= 4 is 0 Å². The van der Waals surface area contributed by atoms with E-state index in [-0.39, 0.29) is 0 Å². The summed E-state index contributed by atoms with van der Waals surface area (Å²) in [4.78, 5) is 10.4. The van der Waals surface area contributed by atoms with Crippen LogP contribution in [0.1, 0.15) is 22.6 Å². The topological polar surface area (TPSA) is 73.5 Å². The Bertz CT molecular complexity index is 876. The van der Waals surface area contributed by atoms with E-state index < -0.39 is 0 Å². The summed E-state index contributed by atoms with van der Waals surface area (Å²) >= 11 is 0. The SMILES string of the molecule is COCCN(C)Cc1cc(-c2cncnc2)ccc1OCc1c(C)noc1C. The van der Waals surface area contributed by atoms with Crippen molar-refractivity contribution in [3.63, 3.8) is 0 Å². The van der Waals surface area contributed by atoms with E-state index >= 15 is 0 Å². The minimum atomic E-state index is 0.420. The number of nitrogens with zero attached hydrogens (tertiary/aromatic N) is 4. The third-order valence-corrected chi connectivity index (χ3v) is 4.63. The van der Waals surface area contributed by atoms with Crippen molar-refractivity contribution in [3.8, 4) is 16.9 Å². The maximum absolute atomic E-state index is 6.15. The van der Waals surface area contributed by atoms with Crippen molar-refractivity contribution in [1.29, 1.82) is 0 Å². The number of ether oxygens (including phenoxy) is 2. The van der Waals surface area contributed by atoms with E-state index in [4.69, 9.17) is 14.0 Å². The number of hydrogen-bond acceptors (Lipinski definition) is 7. The molecule has 0 unspecified atom stereocenters. The second-order valence-corrected chi connectivity index (χ2v) is 6.77. The van der Waals surface area contributed by atoms with Gasteiger partial charge in [0.2, 0.25) is 0 Å². The second-order valence-electron chi connectivity index (χ2n) is 6.77. The van der Waals surface area contributed by atoms with E-state index in [0.29, 0.717) is 13.2 Å². The van der Waals surface area contributed by atoms with Crippen LogP contribution >= 0.6 is 0 Å². The molecule has 0 fully saturated rings. The Hall–Kier alpha value is -2.77. The van der Waals surface area contributed by atoms with Crippen molar-refractivity contribution in [2.24, 2.45) is 0 Å². The first-order valence-electron chi connectivity index (χ1n) is 9.18. The number of likely N-dealkylation sites (N-methyl/N-ethyl adjacent to an activating group) is 1. The molecule has 148 valence electrons. The van der Waals surface area contributed by atoms with Crippen molar-refractivity contribution in [3.05, 3.63) is 59.5 Å². The fourth-order valence-corrected chi connectivity index (χ4v) is 2.95. The molecule has 3 aromatic rings. The van der Waals surface area contributed by atoms with Crippen LogP contribution in [0.5, 0.6) is 5.75 Å². The molecule has 28 heavy (non-hydrogen) atoms. The van der Waals surface area contributed by atoms with Gasteiger partial charge in [-0.25, -0.2) is 9.97 Å². The van der Waals surface area contributed by atoms with Crippen molar-refractivity contribution in [2.75, 3.05) is 27.3 Å². The molecule has 0 bridgehead atoms. The highest BCUT2D eigenvalue weighted by Gasteiger charge is 2.13. The van der Waals surface area contributed by atoms with Crippen molar-refractivity contribution in [1.82, 2.24) is 20.0 Å². The van der Waals surface area contributed by atoms with Crippen LogP contribution in [-0.4, -0.2) is 47.3 Å². The molecule has 1 aromatic carbocycles. The highest BCUT2D eigenvalue weighted by atomic mass is 16.5. The van der Waals surface area contributed by atoms with E-state index in [1.54, 1.807) is 7.11 Å². The Balaban J connectivity index is 1.84. The van der Waals surface area contributed by atoms with Gasteiger partial charge in [0.1, 0.15) is 24.4 Å². The zero-order valence-electron chi connectivity index (χ0n) is 16.8. The monoisotopic (exact) mass is 382 g/mol. The van der Waals surface area contributed by atoms with Crippen LogP contribution in [0.4, 0.5) is 0 Å². The summed E-state index contributed by atoms with van der Waals surface area (Å²) in [6.45, 7) is 6.49. The quantitative estimate of drug-likeness (QED) is 0.561. The zero-order chi connectivity index (χ0) is 19.9. The van der Waals surface area contributed by atoms with E-state index in [2.05, 4.69) is 33.1 Å². The third kappa shape index (κ3) is 4.94. The number of aryl methyl sites for hydroxylation is 2. The largest absolute Gasteiger partial charge is 0.488 e. The predicted molar refractivity (Wildman–Crippen MR) is 106 cm³/mol. The van der Waals surface area contributed by atoms with Crippen LogP contribution < -0.4 is 4.74 Å². The lowest BCUT2D eigenvalue weighted by molar-refractivity contribution is 0.157. The van der Waals surface area contributed by atoms with Gasteiger partial charge in [0.15, 0.2) is 0 Å². The van der Waals surface area contributed by atoms with Gasteiger partial charge in [-0.2, -0.15) is 0 Å². The Kier molecular flexibility index (Phi) is 6.73. The number of benzene rings is 1. The molecule has 0 aliphatic heterocycles. The number of hydrogen-bond donors (Lipinski definition) is 0. The Morgan fingerprint density at radius 2 is 1.89 bits per heavy atom. The van der Waals surface area contributed by atoms with Gasteiger partial charge < -0.3 is 14.0 Å². The van der Waals surface area contributed by atoms with Crippen LogP contribution in [0.15, 0.2) is 41.4 Å². The molecule has 7 heteroatoms. The summed E-state index contributed by atoms with van der Waals surface area (Å²) in [7, 11) is 3.78. The molecular weight excluding hydrogens is 356 g/mol. The van der Waals surface area contributed by atoms with E-state index in [0.717, 1.165) is 52.5 Å². The first kappa shape index (κ1) is 20.0. The van der Waals surface area contributed by atoms with E-state index in [1.165, 1.54) is 6.33 Å². The maximum Gasteiger partial charge on any atom is 0.140 e. The second kappa shape index (κ2) is 9.43. The molecule has 0 N–H and O–H groups in total. The molecule has 2 heterocycles. The normalized spacial score (nSPS) is 11.2.